The Hall–Kier alpha value is -1.97. The fraction of sp³-hybridized carbons (Fsp3) is 0. The molecule has 0 spiro atoms. The highest BCUT2D eigenvalue weighted by molar-refractivity contribution is 6.06. The van der Waals surface area contributed by atoms with E-state index in [0.717, 1.165) is 10.9 Å². The number of para-hydroxylation sites is 1. The lowest BCUT2D eigenvalue weighted by Gasteiger charge is -1.91. The molecular formula is C9H9N3O. The molecule has 1 amide bonds. The van der Waals surface area contributed by atoms with Crippen LogP contribution in [0.25, 0.3) is 10.9 Å². The third-order valence-corrected chi connectivity index (χ3v) is 1.99. The second-order valence-corrected chi connectivity index (χ2v) is 2.82. The van der Waals surface area contributed by atoms with Crippen LogP contribution in [0.1, 0.15) is 10.5 Å². The number of benzene rings is 1. The standard InChI is InChI=1S/C9H9N3O/c10-7-5-3-1-2-4-6(5)12-8(7)9(11)13/h1-4,12H,10H2,(H2,11,13). The number of aromatic nitrogens is 1. The van der Waals surface area contributed by atoms with Gasteiger partial charge in [0, 0.05) is 10.9 Å². The number of aromatic amines is 1. The predicted molar refractivity (Wildman–Crippen MR) is 51.2 cm³/mol. The molecule has 4 heteroatoms. The van der Waals surface area contributed by atoms with Crippen LogP contribution in [0.4, 0.5) is 5.69 Å². The first-order valence-electron chi connectivity index (χ1n) is 3.86. The Bertz CT molecular complexity index is 473. The fourth-order valence-electron chi connectivity index (χ4n) is 1.36. The lowest BCUT2D eigenvalue weighted by molar-refractivity contribution is 0.0997. The summed E-state index contributed by atoms with van der Waals surface area (Å²) in [6.07, 6.45) is 0. The van der Waals surface area contributed by atoms with Gasteiger partial charge in [-0.3, -0.25) is 4.79 Å². The van der Waals surface area contributed by atoms with Gasteiger partial charge in [-0.15, -0.1) is 0 Å². The molecule has 66 valence electrons. The molecule has 0 radical (unpaired) electrons. The minimum Gasteiger partial charge on any atom is -0.396 e. The number of primary amides is 1. The summed E-state index contributed by atoms with van der Waals surface area (Å²) >= 11 is 0. The molecule has 13 heavy (non-hydrogen) atoms. The molecule has 0 saturated carbocycles. The van der Waals surface area contributed by atoms with Gasteiger partial charge in [-0.05, 0) is 6.07 Å². The van der Waals surface area contributed by atoms with E-state index >= 15 is 0 Å². The second-order valence-electron chi connectivity index (χ2n) is 2.82. The summed E-state index contributed by atoms with van der Waals surface area (Å²) in [6, 6.07) is 7.41. The van der Waals surface area contributed by atoms with Gasteiger partial charge in [-0.2, -0.15) is 0 Å². The summed E-state index contributed by atoms with van der Waals surface area (Å²) in [7, 11) is 0. The molecular weight excluding hydrogens is 166 g/mol. The first-order chi connectivity index (χ1) is 6.20. The number of hydrogen-bond acceptors (Lipinski definition) is 2. The maximum Gasteiger partial charge on any atom is 0.267 e. The Labute approximate surface area is 74.5 Å². The van der Waals surface area contributed by atoms with Gasteiger partial charge in [-0.1, -0.05) is 18.2 Å². The van der Waals surface area contributed by atoms with Crippen LogP contribution < -0.4 is 11.5 Å². The third kappa shape index (κ3) is 1.03. The van der Waals surface area contributed by atoms with E-state index in [1.54, 1.807) is 0 Å². The number of H-pyrrole nitrogens is 1. The lowest BCUT2D eigenvalue weighted by Crippen LogP contribution is -2.13. The highest BCUT2D eigenvalue weighted by atomic mass is 16.1. The smallest absolute Gasteiger partial charge is 0.267 e. The topological polar surface area (TPSA) is 84.9 Å². The van der Waals surface area contributed by atoms with Crippen molar-refractivity contribution in [1.29, 1.82) is 0 Å². The zero-order valence-electron chi connectivity index (χ0n) is 6.87. The minimum absolute atomic E-state index is 0.279. The van der Waals surface area contributed by atoms with Crippen LogP contribution in [0.3, 0.4) is 0 Å². The molecule has 0 aliphatic heterocycles. The summed E-state index contributed by atoms with van der Waals surface area (Å²) in [5, 5.41) is 0.830. The number of anilines is 1. The van der Waals surface area contributed by atoms with E-state index < -0.39 is 5.91 Å². The molecule has 0 aliphatic rings. The SMILES string of the molecule is NC(=O)c1[nH]c2ccccc2c1N. The van der Waals surface area contributed by atoms with E-state index in [1.165, 1.54) is 0 Å². The normalized spacial score (nSPS) is 10.5. The fourth-order valence-corrected chi connectivity index (χ4v) is 1.36. The van der Waals surface area contributed by atoms with Crippen molar-refractivity contribution < 1.29 is 4.79 Å². The van der Waals surface area contributed by atoms with E-state index in [-0.39, 0.29) is 5.69 Å². The molecule has 0 saturated heterocycles. The van der Waals surface area contributed by atoms with Crippen molar-refractivity contribution in [3.8, 4) is 0 Å². The van der Waals surface area contributed by atoms with Gasteiger partial charge in [0.05, 0.1) is 5.69 Å². The Morgan fingerprint density at radius 1 is 1.31 bits per heavy atom. The predicted octanol–water partition coefficient (Wildman–Crippen LogP) is 0.849. The molecule has 2 rings (SSSR count). The molecule has 1 aromatic heterocycles. The van der Waals surface area contributed by atoms with E-state index in [2.05, 4.69) is 4.98 Å². The molecule has 5 N–H and O–H groups in total. The molecule has 0 bridgehead atoms. The number of carbonyl (C=O) groups is 1. The average Bonchev–Trinajstić information content (AvgIpc) is 2.45. The van der Waals surface area contributed by atoms with Crippen molar-refractivity contribution in [3.05, 3.63) is 30.0 Å². The van der Waals surface area contributed by atoms with E-state index in [1.807, 2.05) is 24.3 Å². The largest absolute Gasteiger partial charge is 0.396 e. The van der Waals surface area contributed by atoms with Crippen LogP contribution in [0.5, 0.6) is 0 Å². The van der Waals surface area contributed by atoms with Crippen LogP contribution in [-0.4, -0.2) is 10.9 Å². The maximum atomic E-state index is 10.9. The minimum atomic E-state index is -0.534. The zero-order valence-corrected chi connectivity index (χ0v) is 6.87. The summed E-state index contributed by atoms with van der Waals surface area (Å²) in [4.78, 5) is 13.8. The van der Waals surface area contributed by atoms with Gasteiger partial charge in [0.2, 0.25) is 0 Å². The number of rotatable bonds is 1. The quantitative estimate of drug-likeness (QED) is 0.600. The van der Waals surface area contributed by atoms with Gasteiger partial charge >= 0.3 is 0 Å². The number of carbonyl (C=O) groups excluding carboxylic acids is 1. The van der Waals surface area contributed by atoms with Crippen LogP contribution in [-0.2, 0) is 0 Å². The highest BCUT2D eigenvalue weighted by Crippen LogP contribution is 2.23. The Balaban J connectivity index is 2.81. The number of nitrogens with one attached hydrogen (secondary N) is 1. The molecule has 1 aromatic carbocycles. The van der Waals surface area contributed by atoms with Gasteiger partial charge in [0.25, 0.3) is 5.91 Å². The van der Waals surface area contributed by atoms with Crippen LogP contribution in [0, 0.1) is 0 Å². The van der Waals surface area contributed by atoms with E-state index in [9.17, 15) is 4.79 Å². The number of hydrogen-bond donors (Lipinski definition) is 3. The third-order valence-electron chi connectivity index (χ3n) is 1.99. The molecule has 0 fully saturated rings. The Kier molecular flexibility index (Phi) is 1.48. The maximum absolute atomic E-state index is 10.9. The van der Waals surface area contributed by atoms with Gasteiger partial charge in [0.15, 0.2) is 0 Å². The molecule has 2 aromatic rings. The summed E-state index contributed by atoms with van der Waals surface area (Å²) in [5.74, 6) is -0.534. The van der Waals surface area contributed by atoms with Crippen molar-refractivity contribution >= 4 is 22.5 Å². The molecule has 1 heterocycles. The van der Waals surface area contributed by atoms with Crippen molar-refractivity contribution in [2.75, 3.05) is 5.73 Å². The van der Waals surface area contributed by atoms with Crippen molar-refractivity contribution in [2.45, 2.75) is 0 Å². The molecule has 0 atom stereocenters. The average molecular weight is 175 g/mol. The number of nitrogen functional groups attached to an aromatic ring is 1. The summed E-state index contributed by atoms with van der Waals surface area (Å²) in [5.41, 5.74) is 12.4. The van der Waals surface area contributed by atoms with Crippen molar-refractivity contribution in [2.24, 2.45) is 5.73 Å². The summed E-state index contributed by atoms with van der Waals surface area (Å²) in [6.45, 7) is 0. The highest BCUT2D eigenvalue weighted by Gasteiger charge is 2.11. The summed E-state index contributed by atoms with van der Waals surface area (Å²) < 4.78 is 0. The Morgan fingerprint density at radius 2 is 2.00 bits per heavy atom. The lowest BCUT2D eigenvalue weighted by atomic mass is 10.2. The van der Waals surface area contributed by atoms with Crippen molar-refractivity contribution in [1.82, 2.24) is 4.98 Å². The van der Waals surface area contributed by atoms with Crippen molar-refractivity contribution in [3.63, 3.8) is 0 Å². The first kappa shape index (κ1) is 7.67. The number of fused-ring (bicyclic) bond motifs is 1. The second kappa shape index (κ2) is 2.52. The number of amides is 1. The molecule has 0 unspecified atom stereocenters. The van der Waals surface area contributed by atoms with Gasteiger partial charge < -0.3 is 16.5 Å². The monoisotopic (exact) mass is 175 g/mol. The van der Waals surface area contributed by atoms with E-state index in [4.69, 9.17) is 11.5 Å². The Morgan fingerprint density at radius 3 is 2.62 bits per heavy atom. The molecule has 4 nitrogen and oxygen atoms in total. The zero-order chi connectivity index (χ0) is 9.42. The van der Waals surface area contributed by atoms with Crippen LogP contribution in [0.15, 0.2) is 24.3 Å². The van der Waals surface area contributed by atoms with Crippen LogP contribution in [0.2, 0.25) is 0 Å². The first-order valence-corrected chi connectivity index (χ1v) is 3.86. The van der Waals surface area contributed by atoms with Crippen LogP contribution >= 0.6 is 0 Å². The molecule has 0 aliphatic carbocycles. The van der Waals surface area contributed by atoms with Gasteiger partial charge in [-0.25, -0.2) is 0 Å². The number of nitrogens with two attached hydrogens (primary N) is 2. The van der Waals surface area contributed by atoms with E-state index in [0.29, 0.717) is 5.69 Å². The van der Waals surface area contributed by atoms with Gasteiger partial charge in [0.1, 0.15) is 5.69 Å².